The maximum atomic E-state index is 12.7. The highest BCUT2D eigenvalue weighted by Crippen LogP contribution is 2.32. The van der Waals surface area contributed by atoms with E-state index in [4.69, 9.17) is 9.72 Å². The third kappa shape index (κ3) is 3.69. The van der Waals surface area contributed by atoms with Gasteiger partial charge in [-0.3, -0.25) is 4.79 Å². The minimum atomic E-state index is 0.0741. The second-order valence-electron chi connectivity index (χ2n) is 7.09. The van der Waals surface area contributed by atoms with Crippen LogP contribution in [0.2, 0.25) is 0 Å². The first-order chi connectivity index (χ1) is 13.5. The van der Waals surface area contributed by atoms with Crippen LogP contribution in [-0.2, 0) is 17.9 Å². The summed E-state index contributed by atoms with van der Waals surface area (Å²) in [6.45, 7) is 5.89. The number of carbonyl (C=O) groups excluding carboxylic acids is 1. The van der Waals surface area contributed by atoms with Gasteiger partial charge in [0.2, 0.25) is 5.91 Å². The van der Waals surface area contributed by atoms with Crippen molar-refractivity contribution in [2.24, 2.45) is 0 Å². The zero-order valence-corrected chi connectivity index (χ0v) is 17.4. The van der Waals surface area contributed by atoms with E-state index < -0.39 is 0 Å². The smallest absolute Gasteiger partial charge is 0.223 e. The van der Waals surface area contributed by atoms with Gasteiger partial charge in [0.1, 0.15) is 11.6 Å². The number of rotatable bonds is 6. The van der Waals surface area contributed by atoms with E-state index in [9.17, 15) is 4.79 Å². The lowest BCUT2D eigenvalue weighted by Crippen LogP contribution is -2.24. The predicted octanol–water partition coefficient (Wildman–Crippen LogP) is 4.47. The Hall–Kier alpha value is -2.60. The molecule has 3 aromatic rings. The first-order valence-corrected chi connectivity index (χ1v) is 10.0. The van der Waals surface area contributed by atoms with Gasteiger partial charge >= 0.3 is 0 Å². The number of ether oxygens (including phenoxy) is 1. The monoisotopic (exact) mass is 439 g/mol. The molecule has 0 saturated carbocycles. The number of nitrogens with zero attached hydrogens (tertiary/aromatic N) is 3. The van der Waals surface area contributed by atoms with Crippen molar-refractivity contribution in [2.75, 3.05) is 13.7 Å². The van der Waals surface area contributed by atoms with Crippen LogP contribution in [0.15, 0.2) is 59.6 Å². The molecule has 1 amide bonds. The SMILES string of the molecule is C=C(Br)Cn1c([C@H]2CC(=O)N(Cc3ccc(OC)cc3)C2)nc2ccccc21. The number of allylic oxidation sites excluding steroid dienone is 1. The molecule has 0 radical (unpaired) electrons. The van der Waals surface area contributed by atoms with E-state index in [-0.39, 0.29) is 11.8 Å². The molecular weight excluding hydrogens is 418 g/mol. The molecule has 28 heavy (non-hydrogen) atoms. The average molecular weight is 440 g/mol. The van der Waals surface area contributed by atoms with Crippen LogP contribution in [0.25, 0.3) is 11.0 Å². The number of hydrogen-bond donors (Lipinski definition) is 0. The molecule has 2 heterocycles. The summed E-state index contributed by atoms with van der Waals surface area (Å²) in [5.74, 6) is 2.01. The fourth-order valence-corrected chi connectivity index (χ4v) is 4.04. The molecule has 1 saturated heterocycles. The van der Waals surface area contributed by atoms with E-state index in [1.165, 1.54) is 0 Å². The lowest BCUT2D eigenvalue weighted by atomic mass is 10.1. The zero-order chi connectivity index (χ0) is 19.7. The lowest BCUT2D eigenvalue weighted by Gasteiger charge is -2.17. The average Bonchev–Trinajstić information content (AvgIpc) is 3.23. The Balaban J connectivity index is 1.58. The van der Waals surface area contributed by atoms with Crippen molar-refractivity contribution in [1.82, 2.24) is 14.5 Å². The Labute approximate surface area is 172 Å². The second kappa shape index (κ2) is 7.80. The van der Waals surface area contributed by atoms with Crippen molar-refractivity contribution in [3.05, 3.63) is 71.0 Å². The van der Waals surface area contributed by atoms with Crippen molar-refractivity contribution in [3.8, 4) is 5.75 Å². The normalized spacial score (nSPS) is 16.7. The summed E-state index contributed by atoms with van der Waals surface area (Å²) in [4.78, 5) is 19.4. The summed E-state index contributed by atoms with van der Waals surface area (Å²) in [5.41, 5.74) is 3.11. The molecule has 0 bridgehead atoms. The maximum Gasteiger partial charge on any atom is 0.223 e. The summed E-state index contributed by atoms with van der Waals surface area (Å²) in [6, 6.07) is 15.9. The van der Waals surface area contributed by atoms with Gasteiger partial charge in [-0.1, -0.05) is 46.8 Å². The van der Waals surface area contributed by atoms with Crippen molar-refractivity contribution in [1.29, 1.82) is 0 Å². The van der Waals surface area contributed by atoms with Crippen LogP contribution >= 0.6 is 15.9 Å². The fraction of sp³-hybridized carbons (Fsp3) is 0.273. The van der Waals surface area contributed by atoms with Crippen molar-refractivity contribution < 1.29 is 9.53 Å². The molecule has 1 aliphatic heterocycles. The fourth-order valence-electron chi connectivity index (χ4n) is 3.79. The van der Waals surface area contributed by atoms with Crippen LogP contribution in [0.1, 0.15) is 23.7 Å². The molecule has 5 nitrogen and oxygen atoms in total. The van der Waals surface area contributed by atoms with Crippen LogP contribution in [0.5, 0.6) is 5.75 Å². The van der Waals surface area contributed by atoms with Crippen molar-refractivity contribution >= 4 is 32.9 Å². The molecule has 0 spiro atoms. The first kappa shape index (κ1) is 18.7. The van der Waals surface area contributed by atoms with Gasteiger partial charge in [-0.25, -0.2) is 4.98 Å². The maximum absolute atomic E-state index is 12.7. The standard InChI is InChI=1S/C22H22BrN3O2/c1-15(23)12-26-20-6-4-3-5-19(20)24-22(26)17-11-21(27)25(14-17)13-16-7-9-18(28-2)10-8-16/h3-10,17H,1,11-14H2,2H3/t17-/m0/s1. The summed E-state index contributed by atoms with van der Waals surface area (Å²) in [5, 5.41) is 0. The van der Waals surface area contributed by atoms with Gasteiger partial charge in [0.25, 0.3) is 0 Å². The largest absolute Gasteiger partial charge is 0.497 e. The molecule has 6 heteroatoms. The number of methoxy groups -OCH3 is 1. The molecule has 1 aromatic heterocycles. The van der Waals surface area contributed by atoms with Gasteiger partial charge in [-0.05, 0) is 29.8 Å². The highest BCUT2D eigenvalue weighted by Gasteiger charge is 2.34. The Morgan fingerprint density at radius 1 is 1.25 bits per heavy atom. The third-order valence-electron chi connectivity index (χ3n) is 5.13. The van der Waals surface area contributed by atoms with Gasteiger partial charge in [-0.15, -0.1) is 0 Å². The lowest BCUT2D eigenvalue weighted by molar-refractivity contribution is -0.128. The zero-order valence-electron chi connectivity index (χ0n) is 15.8. The number of carbonyl (C=O) groups is 1. The number of hydrogen-bond acceptors (Lipinski definition) is 3. The Morgan fingerprint density at radius 2 is 2.00 bits per heavy atom. The highest BCUT2D eigenvalue weighted by atomic mass is 79.9. The van der Waals surface area contributed by atoms with E-state index >= 15 is 0 Å². The number of likely N-dealkylation sites (tertiary alicyclic amines) is 1. The van der Waals surface area contributed by atoms with Gasteiger partial charge in [0.15, 0.2) is 0 Å². The van der Waals surface area contributed by atoms with E-state index in [0.29, 0.717) is 26.1 Å². The topological polar surface area (TPSA) is 47.4 Å². The molecule has 1 fully saturated rings. The molecule has 4 rings (SSSR count). The molecule has 0 aliphatic carbocycles. The molecule has 1 atom stereocenters. The summed E-state index contributed by atoms with van der Waals surface area (Å²) < 4.78 is 8.26. The molecule has 1 aliphatic rings. The predicted molar refractivity (Wildman–Crippen MR) is 114 cm³/mol. The number of aromatic nitrogens is 2. The summed E-state index contributed by atoms with van der Waals surface area (Å²) in [6.07, 6.45) is 0.480. The van der Waals surface area contributed by atoms with Crippen molar-refractivity contribution in [2.45, 2.75) is 25.4 Å². The Kier molecular flexibility index (Phi) is 5.22. The molecular formula is C22H22BrN3O2. The minimum Gasteiger partial charge on any atom is -0.497 e. The van der Waals surface area contributed by atoms with Gasteiger partial charge in [0, 0.05) is 29.9 Å². The summed E-state index contributed by atoms with van der Waals surface area (Å²) >= 11 is 3.47. The van der Waals surface area contributed by atoms with Crippen LogP contribution in [0.4, 0.5) is 0 Å². The number of fused-ring (bicyclic) bond motifs is 1. The van der Waals surface area contributed by atoms with Crippen LogP contribution in [-0.4, -0.2) is 34.0 Å². The van der Waals surface area contributed by atoms with Crippen LogP contribution in [0, 0.1) is 0 Å². The highest BCUT2D eigenvalue weighted by molar-refractivity contribution is 9.11. The number of benzene rings is 2. The quantitative estimate of drug-likeness (QED) is 0.569. The van der Waals surface area contributed by atoms with E-state index in [2.05, 4.69) is 33.1 Å². The number of halogens is 1. The third-order valence-corrected chi connectivity index (χ3v) is 5.38. The molecule has 0 unspecified atom stereocenters. The Bertz CT molecular complexity index is 1030. The van der Waals surface area contributed by atoms with E-state index in [1.54, 1.807) is 7.11 Å². The van der Waals surface area contributed by atoms with Gasteiger partial charge in [0.05, 0.1) is 24.7 Å². The van der Waals surface area contributed by atoms with Crippen LogP contribution in [0.3, 0.4) is 0 Å². The minimum absolute atomic E-state index is 0.0741. The Morgan fingerprint density at radius 3 is 2.71 bits per heavy atom. The van der Waals surface area contributed by atoms with Crippen LogP contribution < -0.4 is 4.74 Å². The second-order valence-corrected chi connectivity index (χ2v) is 8.21. The van der Waals surface area contributed by atoms with E-state index in [1.807, 2.05) is 47.4 Å². The first-order valence-electron chi connectivity index (χ1n) is 9.24. The van der Waals surface area contributed by atoms with Gasteiger partial charge < -0.3 is 14.2 Å². The molecule has 144 valence electrons. The number of para-hydroxylation sites is 2. The number of imidazole rings is 1. The molecule has 2 aromatic carbocycles. The molecule has 0 N–H and O–H groups in total. The van der Waals surface area contributed by atoms with E-state index in [0.717, 1.165) is 32.7 Å². The summed E-state index contributed by atoms with van der Waals surface area (Å²) in [7, 11) is 1.65. The van der Waals surface area contributed by atoms with Gasteiger partial charge in [-0.2, -0.15) is 0 Å². The van der Waals surface area contributed by atoms with Crippen molar-refractivity contribution in [3.63, 3.8) is 0 Å². The number of amides is 1.